The second kappa shape index (κ2) is 5.00. The second-order valence-electron chi connectivity index (χ2n) is 5.99. The van der Waals surface area contributed by atoms with Gasteiger partial charge >= 0.3 is 13.7 Å². The van der Waals surface area contributed by atoms with Gasteiger partial charge in [-0.1, -0.05) is 11.6 Å². The van der Waals surface area contributed by atoms with Gasteiger partial charge in [-0.25, -0.2) is 0 Å². The Morgan fingerprint density at radius 1 is 1.10 bits per heavy atom. The average molecular weight is 284 g/mol. The number of hydrogen-bond donors (Lipinski definition) is 0. The molecule has 0 saturated carbocycles. The molecule has 0 bridgehead atoms. The van der Waals surface area contributed by atoms with Crippen LogP contribution in [0.3, 0.4) is 0 Å². The smallest absolute Gasteiger partial charge is 0.435 e. The van der Waals surface area contributed by atoms with Crippen LogP contribution in [-0.2, 0) is 9.31 Å². The number of aryl methyl sites for hydroxylation is 1. The van der Waals surface area contributed by atoms with E-state index < -0.39 is 24.9 Å². The van der Waals surface area contributed by atoms with Gasteiger partial charge in [0.15, 0.2) is 0 Å². The van der Waals surface area contributed by atoms with Crippen LogP contribution in [0.4, 0.5) is 8.78 Å². The summed E-state index contributed by atoms with van der Waals surface area (Å²) in [7, 11) is -0.582. The van der Waals surface area contributed by atoms with Crippen LogP contribution < -0.4 is 10.2 Å². The summed E-state index contributed by atoms with van der Waals surface area (Å²) in [6, 6.07) is 4.78. The Morgan fingerprint density at radius 2 is 1.65 bits per heavy atom. The van der Waals surface area contributed by atoms with Crippen LogP contribution in [-0.4, -0.2) is 24.9 Å². The fraction of sp³-hybridized carbons (Fsp3) is 0.571. The Balaban J connectivity index is 2.30. The highest BCUT2D eigenvalue weighted by molar-refractivity contribution is 6.62. The summed E-state index contributed by atoms with van der Waals surface area (Å²) >= 11 is 0. The van der Waals surface area contributed by atoms with E-state index in [2.05, 4.69) is 4.74 Å². The first-order chi connectivity index (χ1) is 9.12. The number of hydrogen-bond acceptors (Lipinski definition) is 3. The van der Waals surface area contributed by atoms with Crippen LogP contribution in [0, 0.1) is 6.92 Å². The van der Waals surface area contributed by atoms with Gasteiger partial charge in [0.25, 0.3) is 0 Å². The molecule has 0 atom stereocenters. The first kappa shape index (κ1) is 15.3. The minimum atomic E-state index is -2.84. The fourth-order valence-electron chi connectivity index (χ4n) is 2.02. The van der Waals surface area contributed by atoms with Crippen LogP contribution in [0.2, 0.25) is 0 Å². The highest BCUT2D eigenvalue weighted by Crippen LogP contribution is 2.36. The van der Waals surface area contributed by atoms with Gasteiger partial charge in [0.05, 0.1) is 11.2 Å². The van der Waals surface area contributed by atoms with Gasteiger partial charge in [-0.3, -0.25) is 0 Å². The zero-order chi connectivity index (χ0) is 15.1. The maximum Gasteiger partial charge on any atom is 0.495 e. The highest BCUT2D eigenvalue weighted by Gasteiger charge is 2.52. The molecule has 0 N–H and O–H groups in total. The Labute approximate surface area is 118 Å². The van der Waals surface area contributed by atoms with Crippen molar-refractivity contribution in [3.8, 4) is 5.75 Å². The van der Waals surface area contributed by atoms with Gasteiger partial charge in [0.1, 0.15) is 5.75 Å². The van der Waals surface area contributed by atoms with Crippen LogP contribution in [0.5, 0.6) is 5.75 Å². The Hall–Kier alpha value is -1.14. The zero-order valence-electron chi connectivity index (χ0n) is 12.4. The number of ether oxygens (including phenoxy) is 1. The van der Waals surface area contributed by atoms with E-state index in [9.17, 15) is 8.78 Å². The monoisotopic (exact) mass is 284 g/mol. The van der Waals surface area contributed by atoms with Crippen molar-refractivity contribution in [2.24, 2.45) is 0 Å². The van der Waals surface area contributed by atoms with Gasteiger partial charge in [0, 0.05) is 0 Å². The van der Waals surface area contributed by atoms with Crippen LogP contribution in [0.25, 0.3) is 0 Å². The van der Waals surface area contributed by atoms with Crippen molar-refractivity contribution in [2.45, 2.75) is 52.4 Å². The Bertz CT molecular complexity index is 487. The molecule has 0 unspecified atom stereocenters. The lowest BCUT2D eigenvalue weighted by Crippen LogP contribution is -2.41. The zero-order valence-corrected chi connectivity index (χ0v) is 12.4. The average Bonchev–Trinajstić information content (AvgIpc) is 2.50. The number of benzene rings is 1. The molecule has 1 aromatic rings. The van der Waals surface area contributed by atoms with Crippen molar-refractivity contribution >= 4 is 12.6 Å². The summed E-state index contributed by atoms with van der Waals surface area (Å²) in [5, 5.41) is 0. The fourth-order valence-corrected chi connectivity index (χ4v) is 2.02. The summed E-state index contributed by atoms with van der Waals surface area (Å²) < 4.78 is 40.9. The standard InChI is InChI=1S/C14H19BF2O3/c1-9-6-7-10(18-12(16)17)8-11(9)15-19-13(2,3)14(4,5)20-15/h6-8,12H,1-5H3. The lowest BCUT2D eigenvalue weighted by atomic mass is 9.76. The first-order valence-electron chi connectivity index (χ1n) is 6.53. The lowest BCUT2D eigenvalue weighted by Gasteiger charge is -2.32. The molecular formula is C14H19BF2O3. The molecule has 1 saturated heterocycles. The summed E-state index contributed by atoms with van der Waals surface area (Å²) in [6.07, 6.45) is 0. The number of alkyl halides is 2. The SMILES string of the molecule is Cc1ccc(OC(F)F)cc1B1OC(C)(C)C(C)(C)O1. The van der Waals surface area contributed by atoms with E-state index in [1.807, 2.05) is 34.6 Å². The molecule has 1 aliphatic heterocycles. The largest absolute Gasteiger partial charge is 0.495 e. The molecule has 2 rings (SSSR count). The van der Waals surface area contributed by atoms with E-state index >= 15 is 0 Å². The van der Waals surface area contributed by atoms with Gasteiger partial charge < -0.3 is 14.0 Å². The van der Waals surface area contributed by atoms with Crippen molar-refractivity contribution in [3.05, 3.63) is 23.8 Å². The van der Waals surface area contributed by atoms with Gasteiger partial charge in [-0.15, -0.1) is 0 Å². The molecule has 20 heavy (non-hydrogen) atoms. The van der Waals surface area contributed by atoms with Crippen molar-refractivity contribution in [1.29, 1.82) is 0 Å². The molecule has 0 spiro atoms. The molecule has 0 aliphatic carbocycles. The minimum Gasteiger partial charge on any atom is -0.435 e. The van der Waals surface area contributed by atoms with E-state index in [1.54, 1.807) is 12.1 Å². The minimum absolute atomic E-state index is 0.107. The van der Waals surface area contributed by atoms with Crippen LogP contribution in [0.15, 0.2) is 18.2 Å². The number of halogens is 2. The molecule has 1 fully saturated rings. The third-order valence-corrected chi connectivity index (χ3v) is 3.98. The predicted octanol–water partition coefficient (Wildman–Crippen LogP) is 2.90. The molecule has 110 valence electrons. The van der Waals surface area contributed by atoms with Gasteiger partial charge in [0.2, 0.25) is 0 Å². The van der Waals surface area contributed by atoms with Gasteiger partial charge in [-0.05, 0) is 52.2 Å². The summed E-state index contributed by atoms with van der Waals surface area (Å²) in [6.45, 7) is 6.82. The third kappa shape index (κ3) is 2.81. The quantitative estimate of drug-likeness (QED) is 0.799. The second-order valence-corrected chi connectivity index (χ2v) is 5.99. The Morgan fingerprint density at radius 3 is 2.15 bits per heavy atom. The maximum absolute atomic E-state index is 12.3. The number of rotatable bonds is 3. The van der Waals surface area contributed by atoms with Crippen molar-refractivity contribution in [1.82, 2.24) is 0 Å². The summed E-state index contributed by atoms with van der Waals surface area (Å²) in [5.41, 5.74) is 0.680. The van der Waals surface area contributed by atoms with E-state index in [4.69, 9.17) is 9.31 Å². The molecule has 6 heteroatoms. The molecule has 1 aliphatic rings. The maximum atomic E-state index is 12.3. The van der Waals surface area contributed by atoms with E-state index in [0.717, 1.165) is 5.56 Å². The van der Waals surface area contributed by atoms with Crippen molar-refractivity contribution in [3.63, 3.8) is 0 Å². The molecule has 1 aromatic carbocycles. The normalized spacial score (nSPS) is 20.5. The molecule has 3 nitrogen and oxygen atoms in total. The molecule has 0 amide bonds. The van der Waals surface area contributed by atoms with Crippen molar-refractivity contribution < 1.29 is 22.8 Å². The van der Waals surface area contributed by atoms with E-state index in [-0.39, 0.29) is 5.75 Å². The summed E-state index contributed by atoms with van der Waals surface area (Å²) in [4.78, 5) is 0. The molecule has 0 radical (unpaired) electrons. The predicted molar refractivity (Wildman–Crippen MR) is 73.5 cm³/mol. The molecule has 1 heterocycles. The van der Waals surface area contributed by atoms with Crippen LogP contribution in [0.1, 0.15) is 33.3 Å². The Kier molecular flexibility index (Phi) is 3.82. The van der Waals surface area contributed by atoms with E-state index in [0.29, 0.717) is 5.46 Å². The molecule has 0 aromatic heterocycles. The van der Waals surface area contributed by atoms with E-state index in [1.165, 1.54) is 6.07 Å². The lowest BCUT2D eigenvalue weighted by molar-refractivity contribution is -0.0498. The van der Waals surface area contributed by atoms with Crippen molar-refractivity contribution in [2.75, 3.05) is 0 Å². The third-order valence-electron chi connectivity index (χ3n) is 3.98. The highest BCUT2D eigenvalue weighted by atomic mass is 19.3. The van der Waals surface area contributed by atoms with Crippen LogP contribution >= 0.6 is 0 Å². The topological polar surface area (TPSA) is 27.7 Å². The summed E-state index contributed by atoms with van der Waals surface area (Å²) in [5.74, 6) is 0.107. The molecular weight excluding hydrogens is 265 g/mol. The first-order valence-corrected chi connectivity index (χ1v) is 6.53. The van der Waals surface area contributed by atoms with Gasteiger partial charge in [-0.2, -0.15) is 8.78 Å².